The van der Waals surface area contributed by atoms with Crippen LogP contribution in [0.25, 0.3) is 0 Å². The molecule has 0 N–H and O–H groups in total. The lowest BCUT2D eigenvalue weighted by molar-refractivity contribution is -0.137. The highest BCUT2D eigenvalue weighted by Gasteiger charge is 2.30. The fourth-order valence-electron chi connectivity index (χ4n) is 1.74. The number of rotatable bonds is 4. The van der Waals surface area contributed by atoms with E-state index in [4.69, 9.17) is 9.47 Å². The Morgan fingerprint density at radius 1 is 0.950 bits per heavy atom. The molecule has 0 saturated heterocycles. The summed E-state index contributed by atoms with van der Waals surface area (Å²) in [5.74, 6) is 1.03. The summed E-state index contributed by atoms with van der Waals surface area (Å²) in [6.07, 6.45) is -4.35. The summed E-state index contributed by atoms with van der Waals surface area (Å²) in [5.41, 5.74) is -0.232. The molecule has 0 aliphatic carbocycles. The Labute approximate surface area is 114 Å². The maximum atomic E-state index is 12.6. The SMILES string of the molecule is COc1ccccc1OCc1cccc(C(F)(F)F)c1. The molecular formula is C15H13F3O2. The van der Waals surface area contributed by atoms with Crippen LogP contribution in [0.5, 0.6) is 11.5 Å². The fourth-order valence-corrected chi connectivity index (χ4v) is 1.74. The fraction of sp³-hybridized carbons (Fsp3) is 0.200. The molecule has 0 aromatic heterocycles. The highest BCUT2D eigenvalue weighted by atomic mass is 19.4. The van der Waals surface area contributed by atoms with Crippen molar-refractivity contribution in [2.24, 2.45) is 0 Å². The van der Waals surface area contributed by atoms with Crippen LogP contribution in [0.1, 0.15) is 11.1 Å². The van der Waals surface area contributed by atoms with Gasteiger partial charge in [-0.2, -0.15) is 13.2 Å². The number of para-hydroxylation sites is 2. The molecule has 0 amide bonds. The van der Waals surface area contributed by atoms with Gasteiger partial charge in [0.15, 0.2) is 11.5 Å². The number of hydrogen-bond acceptors (Lipinski definition) is 2. The van der Waals surface area contributed by atoms with Crippen LogP contribution in [0.2, 0.25) is 0 Å². The van der Waals surface area contributed by atoms with E-state index in [1.165, 1.54) is 13.2 Å². The first-order valence-electron chi connectivity index (χ1n) is 5.92. The molecule has 0 bridgehead atoms. The van der Waals surface area contributed by atoms with Crippen molar-refractivity contribution in [3.8, 4) is 11.5 Å². The third-order valence-corrected chi connectivity index (χ3v) is 2.72. The molecular weight excluding hydrogens is 269 g/mol. The van der Waals surface area contributed by atoms with Crippen molar-refractivity contribution >= 4 is 0 Å². The zero-order valence-corrected chi connectivity index (χ0v) is 10.8. The molecule has 5 heteroatoms. The normalized spacial score (nSPS) is 11.2. The van der Waals surface area contributed by atoms with Crippen molar-refractivity contribution < 1.29 is 22.6 Å². The first kappa shape index (κ1) is 14.2. The van der Waals surface area contributed by atoms with E-state index in [1.54, 1.807) is 30.3 Å². The van der Waals surface area contributed by atoms with Gasteiger partial charge in [-0.15, -0.1) is 0 Å². The van der Waals surface area contributed by atoms with Crippen LogP contribution >= 0.6 is 0 Å². The molecule has 0 spiro atoms. The molecule has 0 atom stereocenters. The van der Waals surface area contributed by atoms with Crippen LogP contribution in [0, 0.1) is 0 Å². The molecule has 0 aliphatic heterocycles. The first-order valence-corrected chi connectivity index (χ1v) is 5.92. The first-order chi connectivity index (χ1) is 9.50. The van der Waals surface area contributed by atoms with Gasteiger partial charge in [0.25, 0.3) is 0 Å². The van der Waals surface area contributed by atoms with E-state index in [1.807, 2.05) is 0 Å². The number of alkyl halides is 3. The lowest BCUT2D eigenvalue weighted by atomic mass is 10.1. The van der Waals surface area contributed by atoms with Gasteiger partial charge in [0.2, 0.25) is 0 Å². The quantitative estimate of drug-likeness (QED) is 0.832. The van der Waals surface area contributed by atoms with Crippen LogP contribution in [0.15, 0.2) is 48.5 Å². The third kappa shape index (κ3) is 3.44. The second-order valence-electron chi connectivity index (χ2n) is 4.14. The molecule has 2 aromatic rings. The van der Waals surface area contributed by atoms with Crippen molar-refractivity contribution in [3.63, 3.8) is 0 Å². The molecule has 0 fully saturated rings. The van der Waals surface area contributed by atoms with Gasteiger partial charge >= 0.3 is 6.18 Å². The van der Waals surface area contributed by atoms with Crippen LogP contribution < -0.4 is 9.47 Å². The Morgan fingerprint density at radius 2 is 1.65 bits per heavy atom. The largest absolute Gasteiger partial charge is 0.493 e. The van der Waals surface area contributed by atoms with Crippen molar-refractivity contribution in [3.05, 3.63) is 59.7 Å². The smallest absolute Gasteiger partial charge is 0.416 e. The van der Waals surface area contributed by atoms with Gasteiger partial charge in [-0.05, 0) is 29.8 Å². The maximum absolute atomic E-state index is 12.6. The topological polar surface area (TPSA) is 18.5 Å². The summed E-state index contributed by atoms with van der Waals surface area (Å²) in [7, 11) is 1.51. The average Bonchev–Trinajstić information content (AvgIpc) is 2.45. The van der Waals surface area contributed by atoms with E-state index >= 15 is 0 Å². The van der Waals surface area contributed by atoms with E-state index < -0.39 is 11.7 Å². The summed E-state index contributed by atoms with van der Waals surface area (Å²) < 4.78 is 48.4. The van der Waals surface area contributed by atoms with Gasteiger partial charge in [0.1, 0.15) is 6.61 Å². The number of methoxy groups -OCH3 is 1. The monoisotopic (exact) mass is 282 g/mol. The molecule has 2 rings (SSSR count). The van der Waals surface area contributed by atoms with E-state index in [0.717, 1.165) is 12.1 Å². The Morgan fingerprint density at radius 3 is 2.30 bits per heavy atom. The number of halogens is 3. The molecule has 0 radical (unpaired) electrons. The molecule has 0 saturated carbocycles. The van der Waals surface area contributed by atoms with Crippen LogP contribution in [0.4, 0.5) is 13.2 Å². The number of ether oxygens (including phenoxy) is 2. The molecule has 2 nitrogen and oxygen atoms in total. The predicted octanol–water partition coefficient (Wildman–Crippen LogP) is 4.29. The maximum Gasteiger partial charge on any atom is 0.416 e. The average molecular weight is 282 g/mol. The minimum absolute atomic E-state index is 0.0459. The van der Waals surface area contributed by atoms with Crippen LogP contribution in [-0.4, -0.2) is 7.11 Å². The van der Waals surface area contributed by atoms with E-state index in [9.17, 15) is 13.2 Å². The number of hydrogen-bond donors (Lipinski definition) is 0. The minimum atomic E-state index is -4.35. The highest BCUT2D eigenvalue weighted by molar-refractivity contribution is 5.39. The van der Waals surface area contributed by atoms with Gasteiger partial charge in [0.05, 0.1) is 12.7 Å². The molecule has 2 aromatic carbocycles. The van der Waals surface area contributed by atoms with E-state index in [-0.39, 0.29) is 6.61 Å². The minimum Gasteiger partial charge on any atom is -0.493 e. The highest BCUT2D eigenvalue weighted by Crippen LogP contribution is 2.30. The molecule has 20 heavy (non-hydrogen) atoms. The summed E-state index contributed by atoms with van der Waals surface area (Å²) in [5, 5.41) is 0. The molecule has 0 unspecified atom stereocenters. The second-order valence-corrected chi connectivity index (χ2v) is 4.14. The molecule has 0 heterocycles. The zero-order valence-electron chi connectivity index (χ0n) is 10.8. The molecule has 106 valence electrons. The predicted molar refractivity (Wildman–Crippen MR) is 68.8 cm³/mol. The van der Waals surface area contributed by atoms with Crippen LogP contribution in [-0.2, 0) is 12.8 Å². The van der Waals surface area contributed by atoms with E-state index in [2.05, 4.69) is 0 Å². The third-order valence-electron chi connectivity index (χ3n) is 2.72. The Hall–Kier alpha value is -2.17. The number of benzene rings is 2. The van der Waals surface area contributed by atoms with Gasteiger partial charge in [0, 0.05) is 0 Å². The Kier molecular flexibility index (Phi) is 4.17. The Bertz CT molecular complexity index is 579. The molecule has 0 aliphatic rings. The summed E-state index contributed by atoms with van der Waals surface area (Å²) in [4.78, 5) is 0. The Balaban J connectivity index is 2.11. The van der Waals surface area contributed by atoms with Gasteiger partial charge in [-0.3, -0.25) is 0 Å². The van der Waals surface area contributed by atoms with Crippen molar-refractivity contribution in [1.29, 1.82) is 0 Å². The summed E-state index contributed by atoms with van der Waals surface area (Å²) in [6, 6.07) is 12.0. The lowest BCUT2D eigenvalue weighted by Crippen LogP contribution is -2.06. The second kappa shape index (κ2) is 5.86. The van der Waals surface area contributed by atoms with Crippen molar-refractivity contribution in [2.75, 3.05) is 7.11 Å². The van der Waals surface area contributed by atoms with E-state index in [0.29, 0.717) is 17.1 Å². The summed E-state index contributed by atoms with van der Waals surface area (Å²) >= 11 is 0. The van der Waals surface area contributed by atoms with Crippen molar-refractivity contribution in [2.45, 2.75) is 12.8 Å². The standard InChI is InChI=1S/C15H13F3O2/c1-19-13-7-2-3-8-14(13)20-10-11-5-4-6-12(9-11)15(16,17)18/h2-9H,10H2,1H3. The lowest BCUT2D eigenvalue weighted by Gasteiger charge is -2.12. The van der Waals surface area contributed by atoms with Gasteiger partial charge in [-0.1, -0.05) is 24.3 Å². The van der Waals surface area contributed by atoms with Crippen LogP contribution in [0.3, 0.4) is 0 Å². The van der Waals surface area contributed by atoms with Gasteiger partial charge in [-0.25, -0.2) is 0 Å². The van der Waals surface area contributed by atoms with Crippen molar-refractivity contribution in [1.82, 2.24) is 0 Å². The zero-order chi connectivity index (χ0) is 14.6. The van der Waals surface area contributed by atoms with Gasteiger partial charge < -0.3 is 9.47 Å². The summed E-state index contributed by atoms with van der Waals surface area (Å²) in [6.45, 7) is 0.0459.